The van der Waals surface area contributed by atoms with Gasteiger partial charge in [0.1, 0.15) is 11.4 Å². The molecule has 1 saturated carbocycles. The molecule has 2 fully saturated rings. The van der Waals surface area contributed by atoms with Crippen LogP contribution in [0.25, 0.3) is 11.4 Å². The van der Waals surface area contributed by atoms with Crippen molar-refractivity contribution in [2.75, 3.05) is 19.6 Å². The zero-order valence-corrected chi connectivity index (χ0v) is 13.3. The second kappa shape index (κ2) is 5.77. The van der Waals surface area contributed by atoms with E-state index in [1.165, 1.54) is 12.8 Å². The van der Waals surface area contributed by atoms with Crippen LogP contribution in [0.4, 0.5) is 0 Å². The Hall–Kier alpha value is -2.21. The summed E-state index contributed by atoms with van der Waals surface area (Å²) in [6.07, 6.45) is 4.36. The smallest absolute Gasteiger partial charge is 0.272 e. The molecule has 6 nitrogen and oxygen atoms in total. The molecule has 1 aliphatic heterocycles. The molecular weight excluding hydrogens is 290 g/mol. The number of carbonyl (C=O) groups is 1. The number of piperazine rings is 1. The van der Waals surface area contributed by atoms with Crippen LogP contribution in [0.1, 0.15) is 30.3 Å². The van der Waals surface area contributed by atoms with Gasteiger partial charge in [-0.1, -0.05) is 6.07 Å². The van der Waals surface area contributed by atoms with Crippen LogP contribution in [-0.2, 0) is 0 Å². The highest BCUT2D eigenvalue weighted by Gasteiger charge is 2.36. The lowest BCUT2D eigenvalue weighted by atomic mass is 10.1. The van der Waals surface area contributed by atoms with Gasteiger partial charge >= 0.3 is 0 Å². The third-order valence-corrected chi connectivity index (χ3v) is 4.72. The van der Waals surface area contributed by atoms with E-state index in [1.807, 2.05) is 23.1 Å². The minimum Gasteiger partial charge on any atom is -0.332 e. The molecule has 3 heterocycles. The molecule has 1 amide bonds. The lowest BCUT2D eigenvalue weighted by molar-refractivity contribution is 0.0468. The van der Waals surface area contributed by atoms with E-state index in [2.05, 4.69) is 27.0 Å². The van der Waals surface area contributed by atoms with E-state index in [-0.39, 0.29) is 11.9 Å². The number of hydrogen-bond donors (Lipinski definition) is 1. The number of aromatic amines is 1. The number of rotatable bonds is 3. The minimum absolute atomic E-state index is 0.0302. The molecule has 23 heavy (non-hydrogen) atoms. The number of H-pyrrole nitrogens is 1. The number of nitrogens with one attached hydrogen (secondary N) is 1. The molecule has 2 aromatic heterocycles. The van der Waals surface area contributed by atoms with E-state index < -0.39 is 0 Å². The van der Waals surface area contributed by atoms with E-state index in [1.54, 1.807) is 12.3 Å². The molecule has 0 bridgehead atoms. The molecule has 1 atom stereocenters. The van der Waals surface area contributed by atoms with Gasteiger partial charge in [0, 0.05) is 37.9 Å². The quantitative estimate of drug-likeness (QED) is 0.938. The second-order valence-electron chi connectivity index (χ2n) is 6.46. The van der Waals surface area contributed by atoms with Gasteiger partial charge in [0.25, 0.3) is 5.91 Å². The summed E-state index contributed by atoms with van der Waals surface area (Å²) in [6.45, 7) is 4.86. The molecule has 2 aliphatic rings. The summed E-state index contributed by atoms with van der Waals surface area (Å²) in [5.41, 5.74) is 2.02. The molecule has 1 N–H and O–H groups in total. The fourth-order valence-corrected chi connectivity index (χ4v) is 3.29. The van der Waals surface area contributed by atoms with Gasteiger partial charge in [-0.15, -0.1) is 0 Å². The number of carbonyl (C=O) groups excluding carboxylic acids is 1. The summed E-state index contributed by atoms with van der Waals surface area (Å²) in [5, 5.41) is 7.11. The summed E-state index contributed by atoms with van der Waals surface area (Å²) in [4.78, 5) is 21.5. The third-order valence-electron chi connectivity index (χ3n) is 4.72. The van der Waals surface area contributed by atoms with E-state index >= 15 is 0 Å². The highest BCUT2D eigenvalue weighted by molar-refractivity contribution is 5.93. The molecular formula is C17H21N5O. The number of hydrogen-bond acceptors (Lipinski definition) is 4. The number of nitrogens with zero attached hydrogens (tertiary/aromatic N) is 4. The zero-order chi connectivity index (χ0) is 15.8. The highest BCUT2D eigenvalue weighted by Crippen LogP contribution is 2.29. The van der Waals surface area contributed by atoms with Crippen LogP contribution in [0, 0.1) is 0 Å². The summed E-state index contributed by atoms with van der Waals surface area (Å²) in [7, 11) is 0. The van der Waals surface area contributed by atoms with E-state index in [0.29, 0.717) is 11.4 Å². The van der Waals surface area contributed by atoms with Gasteiger partial charge < -0.3 is 4.90 Å². The van der Waals surface area contributed by atoms with Gasteiger partial charge in [-0.3, -0.25) is 19.8 Å². The maximum absolute atomic E-state index is 12.8. The average Bonchev–Trinajstić information content (AvgIpc) is 3.32. The molecule has 4 rings (SSSR count). The van der Waals surface area contributed by atoms with Gasteiger partial charge in [0.2, 0.25) is 0 Å². The molecule has 0 aromatic carbocycles. The first-order chi connectivity index (χ1) is 11.2. The fourth-order valence-electron chi connectivity index (χ4n) is 3.29. The Morgan fingerprint density at radius 3 is 2.83 bits per heavy atom. The molecule has 1 unspecified atom stereocenters. The van der Waals surface area contributed by atoms with Gasteiger partial charge in [0.05, 0.1) is 5.69 Å². The van der Waals surface area contributed by atoms with Crippen molar-refractivity contribution in [3.8, 4) is 11.4 Å². The zero-order valence-electron chi connectivity index (χ0n) is 13.3. The Labute approximate surface area is 135 Å². The summed E-state index contributed by atoms with van der Waals surface area (Å²) >= 11 is 0. The summed E-state index contributed by atoms with van der Waals surface area (Å²) < 4.78 is 0. The lowest BCUT2D eigenvalue weighted by Gasteiger charge is -2.39. The fraction of sp³-hybridized carbons (Fsp3) is 0.471. The predicted molar refractivity (Wildman–Crippen MR) is 86.9 cm³/mol. The number of pyridine rings is 1. The third kappa shape index (κ3) is 2.86. The Bertz CT molecular complexity index is 694. The van der Waals surface area contributed by atoms with E-state index in [9.17, 15) is 4.79 Å². The van der Waals surface area contributed by atoms with Crippen LogP contribution in [0.2, 0.25) is 0 Å². The standard InChI is InChI=1S/C17H21N5O/c1-12-11-21(13-5-6-13)8-9-22(12)17(23)16-10-15(19-20-16)14-4-2-3-7-18-14/h2-4,7,10,12-13H,5-6,8-9,11H2,1H3,(H,19,20). The lowest BCUT2D eigenvalue weighted by Crippen LogP contribution is -2.54. The Balaban J connectivity index is 1.48. The van der Waals surface area contributed by atoms with E-state index in [0.717, 1.165) is 31.4 Å². The van der Waals surface area contributed by atoms with Crippen LogP contribution in [0.3, 0.4) is 0 Å². The number of amides is 1. The Morgan fingerprint density at radius 2 is 2.13 bits per heavy atom. The minimum atomic E-state index is 0.0302. The molecule has 2 aromatic rings. The SMILES string of the molecule is CC1CN(C2CC2)CCN1C(=O)c1cc(-c2ccccn2)n[nH]1. The molecule has 0 spiro atoms. The van der Waals surface area contributed by atoms with Crippen molar-refractivity contribution in [2.24, 2.45) is 0 Å². The number of aromatic nitrogens is 3. The van der Waals surface area contributed by atoms with Crippen molar-refractivity contribution in [2.45, 2.75) is 31.8 Å². The van der Waals surface area contributed by atoms with Crippen molar-refractivity contribution in [1.29, 1.82) is 0 Å². The van der Waals surface area contributed by atoms with Crippen LogP contribution < -0.4 is 0 Å². The first kappa shape index (κ1) is 14.4. The largest absolute Gasteiger partial charge is 0.332 e. The molecule has 120 valence electrons. The maximum Gasteiger partial charge on any atom is 0.272 e. The van der Waals surface area contributed by atoms with Crippen molar-refractivity contribution in [3.05, 3.63) is 36.2 Å². The van der Waals surface area contributed by atoms with Crippen molar-refractivity contribution in [3.63, 3.8) is 0 Å². The topological polar surface area (TPSA) is 65.1 Å². The molecule has 6 heteroatoms. The first-order valence-corrected chi connectivity index (χ1v) is 8.24. The van der Waals surface area contributed by atoms with Crippen LogP contribution in [0.15, 0.2) is 30.5 Å². The van der Waals surface area contributed by atoms with Gasteiger partial charge in [-0.25, -0.2) is 0 Å². The molecule has 0 radical (unpaired) electrons. The van der Waals surface area contributed by atoms with Crippen molar-refractivity contribution >= 4 is 5.91 Å². The summed E-state index contributed by atoms with van der Waals surface area (Å²) in [5.74, 6) is 0.0302. The average molecular weight is 311 g/mol. The van der Waals surface area contributed by atoms with Gasteiger partial charge in [0.15, 0.2) is 0 Å². The van der Waals surface area contributed by atoms with Gasteiger partial charge in [-0.2, -0.15) is 5.10 Å². The predicted octanol–water partition coefficient (Wildman–Crippen LogP) is 1.78. The van der Waals surface area contributed by atoms with Crippen LogP contribution in [-0.4, -0.2) is 62.6 Å². The van der Waals surface area contributed by atoms with E-state index in [4.69, 9.17) is 0 Å². The maximum atomic E-state index is 12.8. The van der Waals surface area contributed by atoms with Crippen molar-refractivity contribution < 1.29 is 4.79 Å². The first-order valence-electron chi connectivity index (χ1n) is 8.24. The Kier molecular flexibility index (Phi) is 3.61. The Morgan fingerprint density at radius 1 is 1.26 bits per heavy atom. The van der Waals surface area contributed by atoms with Crippen LogP contribution >= 0.6 is 0 Å². The van der Waals surface area contributed by atoms with Gasteiger partial charge in [-0.05, 0) is 38.0 Å². The van der Waals surface area contributed by atoms with Crippen LogP contribution in [0.5, 0.6) is 0 Å². The highest BCUT2D eigenvalue weighted by atomic mass is 16.2. The summed E-state index contributed by atoms with van der Waals surface area (Å²) in [6, 6.07) is 8.46. The molecule has 1 saturated heterocycles. The van der Waals surface area contributed by atoms with Crippen molar-refractivity contribution in [1.82, 2.24) is 25.0 Å². The molecule has 1 aliphatic carbocycles. The monoisotopic (exact) mass is 311 g/mol. The second-order valence-corrected chi connectivity index (χ2v) is 6.46. The normalized spacial score (nSPS) is 22.3.